The largest absolute Gasteiger partial charge is 0.478 e. The van der Waals surface area contributed by atoms with E-state index in [1.165, 1.54) is 30.3 Å². The molecule has 2 aromatic rings. The summed E-state index contributed by atoms with van der Waals surface area (Å²) in [5.74, 6) is -1.20. The van der Waals surface area contributed by atoms with Gasteiger partial charge in [0.1, 0.15) is 4.90 Å². The number of carboxylic acid groups (broad SMARTS) is 1. The second-order valence-corrected chi connectivity index (χ2v) is 8.00. The van der Waals surface area contributed by atoms with Crippen LogP contribution in [0.2, 0.25) is 10.0 Å². The van der Waals surface area contributed by atoms with E-state index in [1.807, 2.05) is 6.92 Å². The predicted octanol–water partition coefficient (Wildman–Crippen LogP) is 4.69. The molecule has 0 spiro atoms. The molecule has 0 saturated carbocycles. The van der Waals surface area contributed by atoms with Crippen molar-refractivity contribution in [2.45, 2.75) is 24.7 Å². The first-order valence-corrected chi connectivity index (χ1v) is 9.78. The van der Waals surface area contributed by atoms with Gasteiger partial charge >= 0.3 is 5.97 Å². The Balaban J connectivity index is 2.65. The van der Waals surface area contributed by atoms with E-state index in [4.69, 9.17) is 23.2 Å². The van der Waals surface area contributed by atoms with E-state index in [0.717, 1.165) is 10.7 Å². The lowest BCUT2D eigenvalue weighted by Gasteiger charge is -2.26. The summed E-state index contributed by atoms with van der Waals surface area (Å²) in [6.07, 6.45) is 1.30. The van der Waals surface area contributed by atoms with Crippen molar-refractivity contribution in [3.05, 3.63) is 58.1 Å². The molecule has 0 aliphatic carbocycles. The van der Waals surface area contributed by atoms with Gasteiger partial charge in [-0.2, -0.15) is 0 Å². The monoisotopic (exact) mass is 401 g/mol. The Morgan fingerprint density at radius 1 is 1.16 bits per heavy atom. The van der Waals surface area contributed by atoms with Gasteiger partial charge in [0.15, 0.2) is 0 Å². The second kappa shape index (κ2) is 8.08. The van der Waals surface area contributed by atoms with Crippen LogP contribution in [0, 0.1) is 0 Å². The van der Waals surface area contributed by atoms with Crippen molar-refractivity contribution in [3.8, 4) is 0 Å². The van der Waals surface area contributed by atoms with Crippen molar-refractivity contribution in [1.82, 2.24) is 0 Å². The highest BCUT2D eigenvalue weighted by molar-refractivity contribution is 7.93. The molecular formula is C17H17Cl2NO4S. The number of unbranched alkanes of at least 4 members (excludes halogenated alkanes) is 1. The number of anilines is 1. The van der Waals surface area contributed by atoms with Gasteiger partial charge in [-0.15, -0.1) is 0 Å². The quantitative estimate of drug-likeness (QED) is 0.729. The fourth-order valence-electron chi connectivity index (χ4n) is 2.34. The Morgan fingerprint density at radius 3 is 2.48 bits per heavy atom. The Kier molecular flexibility index (Phi) is 6.32. The molecule has 1 N–H and O–H groups in total. The second-order valence-electron chi connectivity index (χ2n) is 5.33. The standard InChI is InChI=1S/C17H17Cl2NO4S/c1-2-3-10-20(15-7-5-4-6-13(15)17(21)22)25(23,24)16-11-12(18)8-9-14(16)19/h4-9,11H,2-3,10H2,1H3,(H,21,22). The zero-order chi connectivity index (χ0) is 18.6. The Bertz CT molecular complexity index is 884. The number of rotatable bonds is 7. The summed E-state index contributed by atoms with van der Waals surface area (Å²) in [6.45, 7) is 2.05. The van der Waals surface area contributed by atoms with Crippen molar-refractivity contribution in [1.29, 1.82) is 0 Å². The minimum absolute atomic E-state index is 0.0266. The first-order valence-electron chi connectivity index (χ1n) is 7.59. The number of hydrogen-bond acceptors (Lipinski definition) is 3. The van der Waals surface area contributed by atoms with Gasteiger partial charge in [-0.1, -0.05) is 48.7 Å². The minimum Gasteiger partial charge on any atom is -0.478 e. The Morgan fingerprint density at radius 2 is 1.84 bits per heavy atom. The van der Waals surface area contributed by atoms with E-state index >= 15 is 0 Å². The van der Waals surface area contributed by atoms with Crippen molar-refractivity contribution in [2.75, 3.05) is 10.8 Å². The average Bonchev–Trinajstić information content (AvgIpc) is 2.57. The SMILES string of the molecule is CCCCN(c1ccccc1C(=O)O)S(=O)(=O)c1cc(Cl)ccc1Cl. The molecule has 5 nitrogen and oxygen atoms in total. The summed E-state index contributed by atoms with van der Waals surface area (Å²) in [6, 6.07) is 10.1. The molecule has 134 valence electrons. The van der Waals surface area contributed by atoms with Crippen LogP contribution in [0.3, 0.4) is 0 Å². The molecule has 8 heteroatoms. The summed E-state index contributed by atoms with van der Waals surface area (Å²) < 4.78 is 27.4. The molecule has 0 amide bonds. The van der Waals surface area contributed by atoms with Crippen LogP contribution in [-0.4, -0.2) is 26.0 Å². The fourth-order valence-corrected chi connectivity index (χ4v) is 4.60. The van der Waals surface area contributed by atoms with Crippen molar-refractivity contribution in [3.63, 3.8) is 0 Å². The van der Waals surface area contributed by atoms with Crippen LogP contribution < -0.4 is 4.31 Å². The normalized spacial score (nSPS) is 11.3. The lowest BCUT2D eigenvalue weighted by atomic mass is 10.1. The van der Waals surface area contributed by atoms with Gasteiger partial charge in [-0.3, -0.25) is 4.31 Å². The molecule has 0 radical (unpaired) electrons. The lowest BCUT2D eigenvalue weighted by Crippen LogP contribution is -2.33. The number of halogens is 2. The van der Waals surface area contributed by atoms with Crippen LogP contribution in [0.25, 0.3) is 0 Å². The van der Waals surface area contributed by atoms with Crippen LogP contribution >= 0.6 is 23.2 Å². The molecule has 2 aromatic carbocycles. The summed E-state index contributed by atoms with van der Waals surface area (Å²) in [4.78, 5) is 11.4. The molecule has 0 saturated heterocycles. The molecular weight excluding hydrogens is 385 g/mol. The molecule has 0 aliphatic heterocycles. The maximum Gasteiger partial charge on any atom is 0.337 e. The van der Waals surface area contributed by atoms with Gasteiger partial charge in [-0.25, -0.2) is 13.2 Å². The smallest absolute Gasteiger partial charge is 0.337 e. The Hall–Kier alpha value is -1.76. The van der Waals surface area contributed by atoms with Gasteiger partial charge in [0.2, 0.25) is 0 Å². The van der Waals surface area contributed by atoms with E-state index < -0.39 is 16.0 Å². The third-order valence-corrected chi connectivity index (χ3v) is 6.11. The lowest BCUT2D eigenvalue weighted by molar-refractivity contribution is 0.0697. The number of sulfonamides is 1. The zero-order valence-electron chi connectivity index (χ0n) is 13.4. The number of carboxylic acids is 1. The summed E-state index contributed by atoms with van der Waals surface area (Å²) in [5.41, 5.74) is -0.000166. The molecule has 0 aromatic heterocycles. The van der Waals surface area contributed by atoms with E-state index in [1.54, 1.807) is 12.1 Å². The highest BCUT2D eigenvalue weighted by Gasteiger charge is 2.29. The number of nitrogens with zero attached hydrogens (tertiary/aromatic N) is 1. The predicted molar refractivity (Wildman–Crippen MR) is 99.3 cm³/mol. The van der Waals surface area contributed by atoms with Crippen molar-refractivity contribution in [2.24, 2.45) is 0 Å². The third kappa shape index (κ3) is 4.26. The molecule has 0 bridgehead atoms. The van der Waals surface area contributed by atoms with Crippen molar-refractivity contribution >= 4 is 44.9 Å². The first-order chi connectivity index (χ1) is 11.8. The summed E-state index contributed by atoms with van der Waals surface area (Å²) >= 11 is 12.0. The topological polar surface area (TPSA) is 74.7 Å². The van der Waals surface area contributed by atoms with E-state index in [9.17, 15) is 18.3 Å². The molecule has 0 fully saturated rings. The average molecular weight is 402 g/mol. The molecule has 0 unspecified atom stereocenters. The number of hydrogen-bond donors (Lipinski definition) is 1. The first kappa shape index (κ1) is 19.6. The Labute approximate surface area is 156 Å². The molecule has 25 heavy (non-hydrogen) atoms. The third-order valence-electron chi connectivity index (χ3n) is 3.58. The number of benzene rings is 2. The molecule has 2 rings (SSSR count). The van der Waals surface area contributed by atoms with Crippen LogP contribution in [-0.2, 0) is 10.0 Å². The highest BCUT2D eigenvalue weighted by atomic mass is 35.5. The maximum absolute atomic E-state index is 13.2. The van der Waals surface area contributed by atoms with E-state index in [2.05, 4.69) is 0 Å². The highest BCUT2D eigenvalue weighted by Crippen LogP contribution is 2.32. The van der Waals surface area contributed by atoms with Gasteiger partial charge in [0, 0.05) is 11.6 Å². The summed E-state index contributed by atoms with van der Waals surface area (Å²) in [5, 5.41) is 9.66. The van der Waals surface area contributed by atoms with Crippen LogP contribution in [0.4, 0.5) is 5.69 Å². The minimum atomic E-state index is -4.08. The van der Waals surface area contributed by atoms with Gasteiger partial charge in [0.05, 0.1) is 16.3 Å². The number of para-hydroxylation sites is 1. The zero-order valence-corrected chi connectivity index (χ0v) is 15.8. The van der Waals surface area contributed by atoms with Gasteiger partial charge in [-0.05, 0) is 36.8 Å². The fraction of sp³-hybridized carbons (Fsp3) is 0.235. The van der Waals surface area contributed by atoms with E-state index in [0.29, 0.717) is 6.42 Å². The molecule has 0 aliphatic rings. The number of carbonyl (C=O) groups is 1. The summed E-state index contributed by atoms with van der Waals surface area (Å²) in [7, 11) is -4.08. The van der Waals surface area contributed by atoms with Gasteiger partial charge < -0.3 is 5.11 Å². The molecule has 0 atom stereocenters. The van der Waals surface area contributed by atoms with E-state index in [-0.39, 0.29) is 32.7 Å². The van der Waals surface area contributed by atoms with Crippen LogP contribution in [0.1, 0.15) is 30.1 Å². The van der Waals surface area contributed by atoms with Crippen LogP contribution in [0.5, 0.6) is 0 Å². The van der Waals surface area contributed by atoms with Gasteiger partial charge in [0.25, 0.3) is 10.0 Å². The van der Waals surface area contributed by atoms with Crippen LogP contribution in [0.15, 0.2) is 47.4 Å². The van der Waals surface area contributed by atoms with Crippen molar-refractivity contribution < 1.29 is 18.3 Å². The maximum atomic E-state index is 13.2. The molecule has 0 heterocycles. The number of aromatic carboxylic acids is 1.